The van der Waals surface area contributed by atoms with Crippen LogP contribution in [0.5, 0.6) is 0 Å². The minimum atomic E-state index is -0.163. The zero-order chi connectivity index (χ0) is 20.6. The molecule has 1 aromatic carbocycles. The van der Waals surface area contributed by atoms with Crippen LogP contribution < -0.4 is 5.32 Å². The molecule has 0 aliphatic carbocycles. The molecule has 29 heavy (non-hydrogen) atoms. The summed E-state index contributed by atoms with van der Waals surface area (Å²) in [5.41, 5.74) is 1.17. The maximum atomic E-state index is 12.9. The van der Waals surface area contributed by atoms with Crippen molar-refractivity contribution in [3.05, 3.63) is 35.9 Å². The summed E-state index contributed by atoms with van der Waals surface area (Å²) < 4.78 is 0. The van der Waals surface area contributed by atoms with Crippen molar-refractivity contribution in [1.82, 2.24) is 15.1 Å². The summed E-state index contributed by atoms with van der Waals surface area (Å²) in [6.45, 7) is 7.64. The second-order valence-corrected chi connectivity index (χ2v) is 8.63. The van der Waals surface area contributed by atoms with Crippen LogP contribution in [0.2, 0.25) is 0 Å². The average molecular weight is 400 g/mol. The lowest BCUT2D eigenvalue weighted by Gasteiger charge is -2.37. The molecule has 2 saturated heterocycles. The Kier molecular flexibility index (Phi) is 8.10. The number of carbonyl (C=O) groups excluding carboxylic acids is 2. The molecule has 0 bridgehead atoms. The van der Waals surface area contributed by atoms with E-state index in [0.717, 1.165) is 64.7 Å². The lowest BCUT2D eigenvalue weighted by Crippen LogP contribution is -2.51. The largest absolute Gasteiger partial charge is 0.348 e. The van der Waals surface area contributed by atoms with Gasteiger partial charge in [-0.1, -0.05) is 43.7 Å². The number of nitrogens with zero attached hydrogens (tertiary/aromatic N) is 2. The van der Waals surface area contributed by atoms with Crippen LogP contribution in [0.4, 0.5) is 0 Å². The highest BCUT2D eigenvalue weighted by Gasteiger charge is 2.32. The van der Waals surface area contributed by atoms with Gasteiger partial charge in [0.2, 0.25) is 11.8 Å². The molecule has 2 fully saturated rings. The zero-order valence-corrected chi connectivity index (χ0v) is 18.1. The fraction of sp³-hybridized carbons (Fsp3) is 0.667. The van der Waals surface area contributed by atoms with Gasteiger partial charge in [-0.25, -0.2) is 0 Å². The maximum absolute atomic E-state index is 12.9. The summed E-state index contributed by atoms with van der Waals surface area (Å²) in [4.78, 5) is 30.0. The Balaban J connectivity index is 1.50. The fourth-order valence-corrected chi connectivity index (χ4v) is 4.66. The monoisotopic (exact) mass is 399 g/mol. The van der Waals surface area contributed by atoms with E-state index < -0.39 is 0 Å². The molecule has 160 valence electrons. The van der Waals surface area contributed by atoms with Crippen LogP contribution in [0, 0.1) is 5.92 Å². The van der Waals surface area contributed by atoms with Gasteiger partial charge in [-0.3, -0.25) is 14.5 Å². The number of nitrogens with one attached hydrogen (secondary N) is 1. The quantitative estimate of drug-likeness (QED) is 0.760. The lowest BCUT2D eigenvalue weighted by molar-refractivity contribution is -0.138. The molecule has 0 saturated carbocycles. The van der Waals surface area contributed by atoms with Gasteiger partial charge in [0.15, 0.2) is 0 Å². The predicted octanol–water partition coefficient (Wildman–Crippen LogP) is 3.76. The molecule has 0 aromatic heterocycles. The van der Waals surface area contributed by atoms with Crippen molar-refractivity contribution in [3.63, 3.8) is 0 Å². The smallest absolute Gasteiger partial charge is 0.237 e. The van der Waals surface area contributed by atoms with E-state index in [2.05, 4.69) is 34.2 Å². The zero-order valence-electron chi connectivity index (χ0n) is 18.1. The molecule has 2 aliphatic heterocycles. The van der Waals surface area contributed by atoms with E-state index in [1.165, 1.54) is 12.0 Å². The average Bonchev–Trinajstić information content (AvgIpc) is 2.79. The number of hydrogen-bond donors (Lipinski definition) is 1. The summed E-state index contributed by atoms with van der Waals surface area (Å²) in [7, 11) is 0. The van der Waals surface area contributed by atoms with E-state index in [0.29, 0.717) is 5.91 Å². The van der Waals surface area contributed by atoms with Crippen molar-refractivity contribution in [1.29, 1.82) is 0 Å². The Bertz CT molecular complexity index is 649. The van der Waals surface area contributed by atoms with Gasteiger partial charge in [-0.05, 0) is 64.1 Å². The highest BCUT2D eigenvalue weighted by molar-refractivity contribution is 5.82. The van der Waals surface area contributed by atoms with Crippen molar-refractivity contribution in [3.8, 4) is 0 Å². The molecule has 0 radical (unpaired) electrons. The van der Waals surface area contributed by atoms with E-state index in [1.807, 2.05) is 25.1 Å². The van der Waals surface area contributed by atoms with Crippen LogP contribution in [-0.2, 0) is 9.59 Å². The second kappa shape index (κ2) is 10.8. The first-order valence-electron chi connectivity index (χ1n) is 11.5. The molecule has 5 nitrogen and oxygen atoms in total. The molecule has 2 amide bonds. The first-order valence-corrected chi connectivity index (χ1v) is 11.5. The molecule has 1 aromatic rings. The van der Waals surface area contributed by atoms with E-state index in [1.54, 1.807) is 0 Å². The molecule has 0 spiro atoms. The van der Waals surface area contributed by atoms with E-state index >= 15 is 0 Å². The number of hydrogen-bond acceptors (Lipinski definition) is 3. The molecule has 2 unspecified atom stereocenters. The summed E-state index contributed by atoms with van der Waals surface area (Å²) >= 11 is 0. The Morgan fingerprint density at radius 3 is 2.31 bits per heavy atom. The first-order chi connectivity index (χ1) is 14.1. The predicted molar refractivity (Wildman–Crippen MR) is 116 cm³/mol. The highest BCUT2D eigenvalue weighted by Crippen LogP contribution is 2.24. The lowest BCUT2D eigenvalue weighted by atomic mass is 9.93. The van der Waals surface area contributed by atoms with Crippen LogP contribution in [-0.4, -0.2) is 53.8 Å². The number of likely N-dealkylation sites (tertiary alicyclic amines) is 2. The number of carbonyl (C=O) groups is 2. The van der Waals surface area contributed by atoms with Crippen LogP contribution in [0.15, 0.2) is 30.3 Å². The molecule has 3 rings (SSSR count). The third-order valence-corrected chi connectivity index (χ3v) is 6.57. The molecule has 2 atom stereocenters. The van der Waals surface area contributed by atoms with Gasteiger partial charge in [-0.15, -0.1) is 0 Å². The van der Waals surface area contributed by atoms with Gasteiger partial charge in [0.05, 0.1) is 12.1 Å². The summed E-state index contributed by atoms with van der Waals surface area (Å²) in [6.07, 6.45) is 7.22. The van der Waals surface area contributed by atoms with E-state index in [9.17, 15) is 9.59 Å². The van der Waals surface area contributed by atoms with Crippen LogP contribution in [0.3, 0.4) is 0 Å². The van der Waals surface area contributed by atoms with Crippen LogP contribution in [0.25, 0.3) is 0 Å². The SMILES string of the molecule is CCCC(NC(=O)C(C)N1CCC(C(=O)N2CCCCC2)CC1)c1ccccc1. The third-order valence-electron chi connectivity index (χ3n) is 6.57. The standard InChI is InChI=1S/C24H37N3O2/c1-3-10-22(20-11-6-4-7-12-20)25-23(28)19(2)26-17-13-21(14-18-26)24(29)27-15-8-5-9-16-27/h4,6-7,11-12,19,21-22H,3,5,8-10,13-18H2,1-2H3,(H,25,28). The summed E-state index contributed by atoms with van der Waals surface area (Å²) in [6, 6.07) is 10.1. The second-order valence-electron chi connectivity index (χ2n) is 8.63. The topological polar surface area (TPSA) is 52.7 Å². The van der Waals surface area contributed by atoms with E-state index in [4.69, 9.17) is 0 Å². The Hall–Kier alpha value is -1.88. The number of piperidine rings is 2. The van der Waals surface area contributed by atoms with Gasteiger partial charge in [0.25, 0.3) is 0 Å². The minimum absolute atomic E-state index is 0.0642. The Morgan fingerprint density at radius 1 is 1.03 bits per heavy atom. The molecular weight excluding hydrogens is 362 g/mol. The number of rotatable bonds is 7. The van der Waals surface area contributed by atoms with Crippen molar-refractivity contribution in [2.75, 3.05) is 26.2 Å². The van der Waals surface area contributed by atoms with Gasteiger partial charge in [-0.2, -0.15) is 0 Å². The van der Waals surface area contributed by atoms with E-state index in [-0.39, 0.29) is 23.9 Å². The van der Waals surface area contributed by atoms with Crippen molar-refractivity contribution < 1.29 is 9.59 Å². The number of amides is 2. The maximum Gasteiger partial charge on any atom is 0.237 e. The molecular formula is C24H37N3O2. The third kappa shape index (κ3) is 5.81. The number of benzene rings is 1. The van der Waals surface area contributed by atoms with Gasteiger partial charge in [0.1, 0.15) is 0 Å². The van der Waals surface area contributed by atoms with Crippen molar-refractivity contribution in [2.24, 2.45) is 5.92 Å². The first kappa shape index (κ1) is 21.8. The normalized spacial score (nSPS) is 20.8. The molecule has 1 N–H and O–H groups in total. The van der Waals surface area contributed by atoms with Gasteiger partial charge < -0.3 is 10.2 Å². The molecule has 5 heteroatoms. The fourth-order valence-electron chi connectivity index (χ4n) is 4.66. The summed E-state index contributed by atoms with van der Waals surface area (Å²) in [5, 5.41) is 3.26. The van der Waals surface area contributed by atoms with Crippen LogP contribution >= 0.6 is 0 Å². The molecule has 2 heterocycles. The summed E-state index contributed by atoms with van der Waals surface area (Å²) in [5.74, 6) is 0.568. The highest BCUT2D eigenvalue weighted by atomic mass is 16.2. The van der Waals surface area contributed by atoms with Gasteiger partial charge in [0, 0.05) is 19.0 Å². The van der Waals surface area contributed by atoms with Crippen molar-refractivity contribution in [2.45, 2.75) is 70.9 Å². The molecule has 2 aliphatic rings. The van der Waals surface area contributed by atoms with Gasteiger partial charge >= 0.3 is 0 Å². The van der Waals surface area contributed by atoms with Crippen molar-refractivity contribution >= 4 is 11.8 Å². The minimum Gasteiger partial charge on any atom is -0.348 e. The Labute approximate surface area is 175 Å². The Morgan fingerprint density at radius 2 is 1.69 bits per heavy atom. The van der Waals surface area contributed by atoms with Crippen LogP contribution in [0.1, 0.15) is 70.4 Å².